The van der Waals surface area contributed by atoms with E-state index in [1.165, 1.54) is 12.8 Å². The number of anilines is 1. The number of carbonyl (C=O) groups excluding carboxylic acids is 1. The monoisotopic (exact) mass is 406 g/mol. The predicted molar refractivity (Wildman–Crippen MR) is 119 cm³/mol. The van der Waals surface area contributed by atoms with Crippen LogP contribution >= 0.6 is 0 Å². The number of methoxy groups -OCH3 is 1. The zero-order valence-corrected chi connectivity index (χ0v) is 18.2. The lowest BCUT2D eigenvalue weighted by Gasteiger charge is -2.30. The van der Waals surface area contributed by atoms with E-state index in [2.05, 4.69) is 35.0 Å². The van der Waals surface area contributed by atoms with Gasteiger partial charge in [-0.25, -0.2) is 4.98 Å². The number of fused-ring (bicyclic) bond motifs is 1. The molecular formula is C24H30N4O2. The van der Waals surface area contributed by atoms with Gasteiger partial charge < -0.3 is 10.1 Å². The van der Waals surface area contributed by atoms with Crippen molar-refractivity contribution in [2.45, 2.75) is 52.5 Å². The fourth-order valence-electron chi connectivity index (χ4n) is 4.41. The maximum Gasteiger partial charge on any atom is 0.274 e. The molecule has 1 aliphatic rings. The van der Waals surface area contributed by atoms with Gasteiger partial charge in [-0.05, 0) is 62.6 Å². The number of nitrogens with zero attached hydrogens (tertiary/aromatic N) is 3. The minimum atomic E-state index is -0.254. The van der Waals surface area contributed by atoms with Crippen LogP contribution in [0.25, 0.3) is 10.9 Å². The van der Waals surface area contributed by atoms with Crippen LogP contribution in [0.15, 0.2) is 36.5 Å². The van der Waals surface area contributed by atoms with Crippen molar-refractivity contribution in [2.24, 2.45) is 11.8 Å². The van der Waals surface area contributed by atoms with Crippen molar-refractivity contribution in [3.63, 3.8) is 0 Å². The molecule has 1 N–H and O–H groups in total. The summed E-state index contributed by atoms with van der Waals surface area (Å²) >= 11 is 0. The average Bonchev–Trinajstić information content (AvgIpc) is 3.16. The summed E-state index contributed by atoms with van der Waals surface area (Å²) < 4.78 is 7.63. The molecule has 0 spiro atoms. The highest BCUT2D eigenvalue weighted by Gasteiger charge is 2.25. The molecule has 30 heavy (non-hydrogen) atoms. The van der Waals surface area contributed by atoms with Gasteiger partial charge in [0.1, 0.15) is 11.4 Å². The van der Waals surface area contributed by atoms with Gasteiger partial charge in [0.15, 0.2) is 0 Å². The quantitative estimate of drug-likeness (QED) is 0.617. The second-order valence-electron chi connectivity index (χ2n) is 8.65. The molecule has 0 radical (unpaired) electrons. The SMILES string of the molecule is COc1cc2nn([C@H]3CC[C@H](C(C)C)CC3)cc2cc1NC(=O)c1cccc(C)n1. The molecule has 2 aromatic heterocycles. The summed E-state index contributed by atoms with van der Waals surface area (Å²) in [6, 6.07) is 9.67. The highest BCUT2D eigenvalue weighted by atomic mass is 16.5. The van der Waals surface area contributed by atoms with E-state index in [1.54, 1.807) is 13.2 Å². The Morgan fingerprint density at radius 3 is 2.63 bits per heavy atom. The van der Waals surface area contributed by atoms with Gasteiger partial charge in [0.25, 0.3) is 5.91 Å². The van der Waals surface area contributed by atoms with Gasteiger partial charge >= 0.3 is 0 Å². The molecule has 1 saturated carbocycles. The normalized spacial score (nSPS) is 19.2. The first-order chi connectivity index (χ1) is 14.4. The first-order valence-electron chi connectivity index (χ1n) is 10.8. The Labute approximate surface area is 177 Å². The Bertz CT molecular complexity index is 1050. The number of ether oxygens (including phenoxy) is 1. The van der Waals surface area contributed by atoms with Crippen LogP contribution in [-0.4, -0.2) is 27.8 Å². The van der Waals surface area contributed by atoms with Crippen molar-refractivity contribution in [1.29, 1.82) is 0 Å². The fraction of sp³-hybridized carbons (Fsp3) is 0.458. The molecule has 4 rings (SSSR count). The van der Waals surface area contributed by atoms with E-state index >= 15 is 0 Å². The topological polar surface area (TPSA) is 69.0 Å². The third-order valence-corrected chi connectivity index (χ3v) is 6.27. The van der Waals surface area contributed by atoms with Crippen molar-refractivity contribution in [3.05, 3.63) is 47.9 Å². The van der Waals surface area contributed by atoms with Crippen molar-refractivity contribution < 1.29 is 9.53 Å². The van der Waals surface area contributed by atoms with E-state index < -0.39 is 0 Å². The van der Waals surface area contributed by atoms with Crippen molar-refractivity contribution in [2.75, 3.05) is 12.4 Å². The molecule has 1 fully saturated rings. The number of rotatable bonds is 5. The second kappa shape index (κ2) is 8.46. The third kappa shape index (κ3) is 4.18. The largest absolute Gasteiger partial charge is 0.494 e. The first kappa shape index (κ1) is 20.4. The van der Waals surface area contributed by atoms with Crippen molar-refractivity contribution >= 4 is 22.5 Å². The number of amides is 1. The van der Waals surface area contributed by atoms with Crippen molar-refractivity contribution in [3.8, 4) is 5.75 Å². The maximum atomic E-state index is 12.7. The Morgan fingerprint density at radius 2 is 1.97 bits per heavy atom. The van der Waals surface area contributed by atoms with Crippen LogP contribution < -0.4 is 10.1 Å². The van der Waals surface area contributed by atoms with E-state index in [0.717, 1.165) is 41.3 Å². The van der Waals surface area contributed by atoms with Gasteiger partial charge in [-0.1, -0.05) is 19.9 Å². The number of benzene rings is 1. The van der Waals surface area contributed by atoms with E-state index in [9.17, 15) is 4.79 Å². The van der Waals surface area contributed by atoms with Gasteiger partial charge in [0, 0.05) is 23.3 Å². The molecule has 6 heteroatoms. The molecule has 0 bridgehead atoms. The molecule has 0 saturated heterocycles. The minimum absolute atomic E-state index is 0.254. The molecule has 6 nitrogen and oxygen atoms in total. The standard InChI is InChI=1S/C24H30N4O2/c1-15(2)17-8-10-19(11-9-17)28-14-18-12-22(23(30-4)13-21(18)27-28)26-24(29)20-7-5-6-16(3)25-20/h5-7,12-15,17,19H,8-11H2,1-4H3,(H,26,29)/t17-,19-. The Kier molecular flexibility index (Phi) is 5.75. The lowest BCUT2D eigenvalue weighted by molar-refractivity contribution is 0.102. The Hall–Kier alpha value is -2.89. The van der Waals surface area contributed by atoms with E-state index in [-0.39, 0.29) is 5.91 Å². The lowest BCUT2D eigenvalue weighted by Crippen LogP contribution is -2.21. The molecule has 0 atom stereocenters. The van der Waals surface area contributed by atoms with Crippen molar-refractivity contribution in [1.82, 2.24) is 14.8 Å². The summed E-state index contributed by atoms with van der Waals surface area (Å²) in [5.41, 5.74) is 2.69. The summed E-state index contributed by atoms with van der Waals surface area (Å²) in [6.45, 7) is 6.51. The van der Waals surface area contributed by atoms with E-state index in [4.69, 9.17) is 9.84 Å². The van der Waals surface area contributed by atoms with Crippen LogP contribution in [-0.2, 0) is 0 Å². The molecule has 3 aromatic rings. The molecular weight excluding hydrogens is 376 g/mol. The predicted octanol–water partition coefficient (Wildman–Crippen LogP) is 5.39. The van der Waals surface area contributed by atoms with Gasteiger partial charge in [-0.15, -0.1) is 0 Å². The fourth-order valence-corrected chi connectivity index (χ4v) is 4.41. The summed E-state index contributed by atoms with van der Waals surface area (Å²) in [4.78, 5) is 17.0. The second-order valence-corrected chi connectivity index (χ2v) is 8.65. The maximum absolute atomic E-state index is 12.7. The number of pyridine rings is 1. The highest BCUT2D eigenvalue weighted by molar-refractivity contribution is 6.05. The summed E-state index contributed by atoms with van der Waals surface area (Å²) in [5, 5.41) is 8.75. The molecule has 2 heterocycles. The first-order valence-corrected chi connectivity index (χ1v) is 10.8. The zero-order chi connectivity index (χ0) is 21.3. The van der Waals surface area contributed by atoms with Gasteiger partial charge in [0.05, 0.1) is 24.4 Å². The summed E-state index contributed by atoms with van der Waals surface area (Å²) in [6.07, 6.45) is 6.93. The number of hydrogen-bond donors (Lipinski definition) is 1. The van der Waals surface area contributed by atoms with Crippen LogP contribution in [0, 0.1) is 18.8 Å². The minimum Gasteiger partial charge on any atom is -0.494 e. The smallest absolute Gasteiger partial charge is 0.274 e. The number of carbonyl (C=O) groups is 1. The third-order valence-electron chi connectivity index (χ3n) is 6.27. The molecule has 1 aromatic carbocycles. The molecule has 0 aliphatic heterocycles. The van der Waals surface area contributed by atoms with Crippen LogP contribution in [0.4, 0.5) is 5.69 Å². The number of nitrogens with one attached hydrogen (secondary N) is 1. The van der Waals surface area contributed by atoms with Crippen LogP contribution in [0.1, 0.15) is 61.8 Å². The number of hydrogen-bond acceptors (Lipinski definition) is 4. The average molecular weight is 407 g/mol. The number of aromatic nitrogens is 3. The van der Waals surface area contributed by atoms with Crippen LogP contribution in [0.2, 0.25) is 0 Å². The summed E-state index contributed by atoms with van der Waals surface area (Å²) in [7, 11) is 1.60. The number of aryl methyl sites for hydroxylation is 1. The zero-order valence-electron chi connectivity index (χ0n) is 18.2. The molecule has 0 unspecified atom stereocenters. The molecule has 158 valence electrons. The van der Waals surface area contributed by atoms with E-state index in [1.807, 2.05) is 31.2 Å². The van der Waals surface area contributed by atoms with Gasteiger partial charge in [0.2, 0.25) is 0 Å². The molecule has 1 amide bonds. The summed E-state index contributed by atoms with van der Waals surface area (Å²) in [5.74, 6) is 1.91. The Balaban J connectivity index is 1.57. The lowest BCUT2D eigenvalue weighted by atomic mass is 9.80. The Morgan fingerprint density at radius 1 is 1.20 bits per heavy atom. The van der Waals surface area contributed by atoms with Crippen LogP contribution in [0.5, 0.6) is 5.75 Å². The molecule has 1 aliphatic carbocycles. The van der Waals surface area contributed by atoms with Gasteiger partial charge in [-0.3, -0.25) is 9.48 Å². The van der Waals surface area contributed by atoms with Crippen LogP contribution in [0.3, 0.4) is 0 Å². The highest BCUT2D eigenvalue weighted by Crippen LogP contribution is 2.37. The van der Waals surface area contributed by atoms with E-state index in [0.29, 0.717) is 23.2 Å². The van der Waals surface area contributed by atoms with Gasteiger partial charge in [-0.2, -0.15) is 5.10 Å².